The molecule has 4 aromatic rings. The zero-order valence-electron chi connectivity index (χ0n) is 18.2. The van der Waals surface area contributed by atoms with Crippen LogP contribution in [-0.4, -0.2) is 12.5 Å². The molecule has 0 aliphatic carbocycles. The average molecular weight is 439 g/mol. The van der Waals surface area contributed by atoms with Crippen molar-refractivity contribution in [3.8, 4) is 11.5 Å². The average Bonchev–Trinajstić information content (AvgIpc) is 2.87. The number of ether oxygens (including phenoxy) is 2. The minimum absolute atomic E-state index is 0.136. The van der Waals surface area contributed by atoms with E-state index in [2.05, 4.69) is 10.6 Å². The van der Waals surface area contributed by atoms with Crippen LogP contribution in [0, 0.1) is 0 Å². The zero-order chi connectivity index (χ0) is 22.7. The van der Waals surface area contributed by atoms with Crippen molar-refractivity contribution in [2.75, 3.05) is 17.2 Å². The van der Waals surface area contributed by atoms with Crippen LogP contribution >= 0.6 is 0 Å². The summed E-state index contributed by atoms with van der Waals surface area (Å²) in [6.45, 7) is 1.10. The van der Waals surface area contributed by atoms with Crippen LogP contribution < -0.4 is 20.1 Å². The zero-order valence-corrected chi connectivity index (χ0v) is 18.2. The summed E-state index contributed by atoms with van der Waals surface area (Å²) in [6.07, 6.45) is 0. The van der Waals surface area contributed by atoms with Crippen LogP contribution in [0.2, 0.25) is 0 Å². The summed E-state index contributed by atoms with van der Waals surface area (Å²) >= 11 is 0. The van der Waals surface area contributed by atoms with Crippen LogP contribution in [0.25, 0.3) is 0 Å². The van der Waals surface area contributed by atoms with Gasteiger partial charge in [0.1, 0.15) is 24.7 Å². The highest BCUT2D eigenvalue weighted by atomic mass is 16.5. The second kappa shape index (κ2) is 11.4. The number of carbonyl (C=O) groups is 1. The Labute approximate surface area is 194 Å². The second-order valence-corrected chi connectivity index (χ2v) is 7.51. The fourth-order valence-corrected chi connectivity index (χ4v) is 3.23. The highest BCUT2D eigenvalue weighted by molar-refractivity contribution is 5.93. The quantitative estimate of drug-likeness (QED) is 0.324. The van der Waals surface area contributed by atoms with Crippen molar-refractivity contribution in [2.45, 2.75) is 13.2 Å². The van der Waals surface area contributed by atoms with Crippen molar-refractivity contribution >= 4 is 17.3 Å². The third-order valence-electron chi connectivity index (χ3n) is 4.90. The summed E-state index contributed by atoms with van der Waals surface area (Å²) in [5.41, 5.74) is 3.69. The first-order valence-electron chi connectivity index (χ1n) is 10.8. The molecular weight excluding hydrogens is 412 g/mol. The van der Waals surface area contributed by atoms with Gasteiger partial charge in [0.15, 0.2) is 0 Å². The predicted octanol–water partition coefficient (Wildman–Crippen LogP) is 5.90. The van der Waals surface area contributed by atoms with Crippen molar-refractivity contribution in [3.63, 3.8) is 0 Å². The number of carbonyl (C=O) groups excluding carboxylic acids is 1. The van der Waals surface area contributed by atoms with E-state index in [1.54, 1.807) is 0 Å². The monoisotopic (exact) mass is 438 g/mol. The van der Waals surface area contributed by atoms with Crippen LogP contribution in [-0.2, 0) is 18.0 Å². The molecule has 0 bridgehead atoms. The molecule has 0 aliphatic rings. The number of amides is 1. The SMILES string of the molecule is O=C(CNc1cccc(OCc2ccccc2)c1)Nc1cccc(OCc2ccccc2)c1. The van der Waals surface area contributed by atoms with Gasteiger partial charge in [-0.15, -0.1) is 0 Å². The Hall–Kier alpha value is -4.25. The molecule has 0 saturated carbocycles. The van der Waals surface area contributed by atoms with Gasteiger partial charge >= 0.3 is 0 Å². The fraction of sp³-hybridized carbons (Fsp3) is 0.107. The molecule has 0 fully saturated rings. The second-order valence-electron chi connectivity index (χ2n) is 7.51. The number of hydrogen-bond donors (Lipinski definition) is 2. The summed E-state index contributed by atoms with van der Waals surface area (Å²) in [5.74, 6) is 1.30. The molecule has 33 heavy (non-hydrogen) atoms. The molecule has 166 valence electrons. The molecule has 0 aromatic heterocycles. The smallest absolute Gasteiger partial charge is 0.243 e. The van der Waals surface area contributed by atoms with E-state index in [-0.39, 0.29) is 12.5 Å². The molecule has 0 saturated heterocycles. The van der Waals surface area contributed by atoms with E-state index in [9.17, 15) is 4.79 Å². The third-order valence-corrected chi connectivity index (χ3v) is 4.90. The molecule has 4 aromatic carbocycles. The number of rotatable bonds is 10. The van der Waals surface area contributed by atoms with Crippen molar-refractivity contribution in [2.24, 2.45) is 0 Å². The first-order chi connectivity index (χ1) is 16.2. The standard InChI is InChI=1S/C28H26N2O3/c31-28(30-25-14-8-16-27(18-25)33-21-23-11-5-2-6-12-23)19-29-24-13-7-15-26(17-24)32-20-22-9-3-1-4-10-22/h1-18,29H,19-21H2,(H,30,31). The summed E-state index contributed by atoms with van der Waals surface area (Å²) in [6, 6.07) is 34.9. The normalized spacial score (nSPS) is 10.3. The van der Waals surface area contributed by atoms with E-state index in [1.165, 1.54) is 0 Å². The van der Waals surface area contributed by atoms with E-state index >= 15 is 0 Å². The van der Waals surface area contributed by atoms with Gasteiger partial charge in [-0.3, -0.25) is 4.79 Å². The molecule has 4 rings (SSSR count). The highest BCUT2D eigenvalue weighted by Crippen LogP contribution is 2.20. The maximum absolute atomic E-state index is 12.4. The van der Waals surface area contributed by atoms with Crippen molar-refractivity contribution in [3.05, 3.63) is 120 Å². The Morgan fingerprint density at radius 1 is 0.606 bits per heavy atom. The lowest BCUT2D eigenvalue weighted by Gasteiger charge is -2.11. The molecule has 2 N–H and O–H groups in total. The van der Waals surface area contributed by atoms with E-state index < -0.39 is 0 Å². The lowest BCUT2D eigenvalue weighted by atomic mass is 10.2. The molecule has 0 spiro atoms. The van der Waals surface area contributed by atoms with Crippen molar-refractivity contribution in [1.82, 2.24) is 0 Å². The molecule has 0 heterocycles. The van der Waals surface area contributed by atoms with Gasteiger partial charge in [-0.05, 0) is 35.4 Å². The molecule has 1 amide bonds. The van der Waals surface area contributed by atoms with Crippen LogP contribution in [0.4, 0.5) is 11.4 Å². The Balaban J connectivity index is 1.25. The Morgan fingerprint density at radius 2 is 1.12 bits per heavy atom. The lowest BCUT2D eigenvalue weighted by molar-refractivity contribution is -0.114. The fourth-order valence-electron chi connectivity index (χ4n) is 3.23. The van der Waals surface area contributed by atoms with E-state index in [4.69, 9.17) is 9.47 Å². The summed E-state index contributed by atoms with van der Waals surface area (Å²) in [5, 5.41) is 6.04. The molecule has 5 nitrogen and oxygen atoms in total. The number of benzene rings is 4. The predicted molar refractivity (Wildman–Crippen MR) is 132 cm³/mol. The van der Waals surface area contributed by atoms with Crippen LogP contribution in [0.5, 0.6) is 11.5 Å². The van der Waals surface area contributed by atoms with Crippen LogP contribution in [0.1, 0.15) is 11.1 Å². The van der Waals surface area contributed by atoms with Crippen LogP contribution in [0.15, 0.2) is 109 Å². The first-order valence-corrected chi connectivity index (χ1v) is 10.8. The molecule has 0 unspecified atom stereocenters. The van der Waals surface area contributed by atoms with Gasteiger partial charge in [0.05, 0.1) is 6.54 Å². The van der Waals surface area contributed by atoms with Gasteiger partial charge in [-0.25, -0.2) is 0 Å². The van der Waals surface area contributed by atoms with Gasteiger partial charge in [-0.1, -0.05) is 72.8 Å². The summed E-state index contributed by atoms with van der Waals surface area (Å²) < 4.78 is 11.7. The van der Waals surface area contributed by atoms with Gasteiger partial charge in [0, 0.05) is 23.5 Å². The topological polar surface area (TPSA) is 59.6 Å². The largest absolute Gasteiger partial charge is 0.489 e. The molecule has 0 atom stereocenters. The number of hydrogen-bond acceptors (Lipinski definition) is 4. The summed E-state index contributed by atoms with van der Waals surface area (Å²) in [4.78, 5) is 12.4. The lowest BCUT2D eigenvalue weighted by Crippen LogP contribution is -2.21. The van der Waals surface area contributed by atoms with Gasteiger partial charge in [0.25, 0.3) is 0 Å². The maximum Gasteiger partial charge on any atom is 0.243 e. The maximum atomic E-state index is 12.4. The van der Waals surface area contributed by atoms with Gasteiger partial charge < -0.3 is 20.1 Å². The Bertz CT molecular complexity index is 1160. The van der Waals surface area contributed by atoms with Crippen molar-refractivity contribution in [1.29, 1.82) is 0 Å². The summed E-state index contributed by atoms with van der Waals surface area (Å²) in [7, 11) is 0. The van der Waals surface area contributed by atoms with E-state index in [1.807, 2.05) is 109 Å². The Morgan fingerprint density at radius 3 is 1.70 bits per heavy atom. The minimum atomic E-state index is -0.147. The minimum Gasteiger partial charge on any atom is -0.489 e. The van der Waals surface area contributed by atoms with E-state index in [0.717, 1.165) is 22.6 Å². The molecule has 0 aliphatic heterocycles. The molecular formula is C28H26N2O3. The van der Waals surface area contributed by atoms with Crippen molar-refractivity contribution < 1.29 is 14.3 Å². The van der Waals surface area contributed by atoms with E-state index in [0.29, 0.717) is 24.7 Å². The number of anilines is 2. The first kappa shape index (κ1) is 22.0. The highest BCUT2D eigenvalue weighted by Gasteiger charge is 2.05. The van der Waals surface area contributed by atoms with Crippen LogP contribution in [0.3, 0.4) is 0 Å². The molecule has 0 radical (unpaired) electrons. The number of nitrogens with one attached hydrogen (secondary N) is 2. The van der Waals surface area contributed by atoms with Gasteiger partial charge in [0.2, 0.25) is 5.91 Å². The Kier molecular flexibility index (Phi) is 7.58. The third kappa shape index (κ3) is 7.14. The van der Waals surface area contributed by atoms with Gasteiger partial charge in [-0.2, -0.15) is 0 Å². The molecule has 5 heteroatoms.